The van der Waals surface area contributed by atoms with Gasteiger partial charge in [0.05, 0.1) is 10.8 Å². The second-order valence-corrected chi connectivity index (χ2v) is 8.51. The largest absolute Gasteiger partial charge is 0.352 e. The number of benzene rings is 1. The SMILES string of the molecule is O=C(CSc1n[nH]c(-c2ccc(Cl)cc2Cl)n1)N[C@@H]1C[C@H]2CC[C@H]1C2. The lowest BCUT2D eigenvalue weighted by atomic mass is 9.95. The van der Waals surface area contributed by atoms with Crippen molar-refractivity contribution in [3.63, 3.8) is 0 Å². The summed E-state index contributed by atoms with van der Waals surface area (Å²) in [7, 11) is 0. The Labute approximate surface area is 160 Å². The van der Waals surface area contributed by atoms with Gasteiger partial charge in [-0.2, -0.15) is 0 Å². The van der Waals surface area contributed by atoms with Crippen LogP contribution < -0.4 is 5.32 Å². The predicted molar refractivity (Wildman–Crippen MR) is 99.9 cm³/mol. The average molecular weight is 397 g/mol. The second-order valence-electron chi connectivity index (χ2n) is 6.73. The maximum Gasteiger partial charge on any atom is 0.230 e. The molecule has 2 aliphatic rings. The quantitative estimate of drug-likeness (QED) is 0.743. The summed E-state index contributed by atoms with van der Waals surface area (Å²) in [4.78, 5) is 16.6. The van der Waals surface area contributed by atoms with Crippen molar-refractivity contribution in [3.05, 3.63) is 28.2 Å². The van der Waals surface area contributed by atoms with Crippen LogP contribution in [0.3, 0.4) is 0 Å². The summed E-state index contributed by atoms with van der Waals surface area (Å²) in [5.41, 5.74) is 0.733. The van der Waals surface area contributed by atoms with Crippen LogP contribution in [0.4, 0.5) is 0 Å². The number of hydrogen-bond acceptors (Lipinski definition) is 4. The lowest BCUT2D eigenvalue weighted by Crippen LogP contribution is -2.39. The maximum absolute atomic E-state index is 12.2. The van der Waals surface area contributed by atoms with E-state index in [1.807, 2.05) is 0 Å². The molecular formula is C17H18Cl2N4OS. The first-order valence-electron chi connectivity index (χ1n) is 8.38. The maximum atomic E-state index is 12.2. The number of thioether (sulfide) groups is 1. The van der Waals surface area contributed by atoms with Crippen molar-refractivity contribution < 1.29 is 4.79 Å². The number of fused-ring (bicyclic) bond motifs is 2. The van der Waals surface area contributed by atoms with Crippen LogP contribution in [0.5, 0.6) is 0 Å². The minimum absolute atomic E-state index is 0.0541. The van der Waals surface area contributed by atoms with Crippen LogP contribution in [0, 0.1) is 11.8 Å². The number of amides is 1. The van der Waals surface area contributed by atoms with Gasteiger partial charge in [-0.05, 0) is 49.3 Å². The van der Waals surface area contributed by atoms with Gasteiger partial charge in [-0.1, -0.05) is 41.4 Å². The van der Waals surface area contributed by atoms with Crippen LogP contribution in [0.2, 0.25) is 10.0 Å². The Balaban J connectivity index is 1.33. The van der Waals surface area contributed by atoms with Gasteiger partial charge < -0.3 is 5.32 Å². The van der Waals surface area contributed by atoms with Crippen LogP contribution in [0.15, 0.2) is 23.4 Å². The highest BCUT2D eigenvalue weighted by molar-refractivity contribution is 7.99. The van der Waals surface area contributed by atoms with E-state index in [4.69, 9.17) is 23.2 Å². The predicted octanol–water partition coefficient (Wildman–Crippen LogP) is 4.18. The number of nitrogens with zero attached hydrogens (tertiary/aromatic N) is 2. The molecule has 1 aromatic heterocycles. The van der Waals surface area contributed by atoms with E-state index >= 15 is 0 Å². The third-order valence-electron chi connectivity index (χ3n) is 5.07. The Bertz CT molecular complexity index is 797. The number of nitrogens with one attached hydrogen (secondary N) is 2. The molecule has 1 amide bonds. The highest BCUT2D eigenvalue weighted by Crippen LogP contribution is 2.44. The molecule has 1 heterocycles. The average Bonchev–Trinajstić information content (AvgIpc) is 3.29. The van der Waals surface area contributed by atoms with Gasteiger partial charge in [0, 0.05) is 16.6 Å². The Morgan fingerprint density at radius 3 is 2.92 bits per heavy atom. The van der Waals surface area contributed by atoms with Gasteiger partial charge in [-0.15, -0.1) is 5.10 Å². The molecular weight excluding hydrogens is 379 g/mol. The number of H-pyrrole nitrogens is 1. The molecule has 2 aromatic rings. The lowest BCUT2D eigenvalue weighted by Gasteiger charge is -2.22. The zero-order chi connectivity index (χ0) is 17.4. The molecule has 0 saturated heterocycles. The van der Waals surface area contributed by atoms with Crippen LogP contribution in [0.25, 0.3) is 11.4 Å². The highest BCUT2D eigenvalue weighted by atomic mass is 35.5. The van der Waals surface area contributed by atoms with Gasteiger partial charge in [-0.3, -0.25) is 9.89 Å². The zero-order valence-corrected chi connectivity index (χ0v) is 15.8. The van der Waals surface area contributed by atoms with Crippen molar-refractivity contribution in [1.29, 1.82) is 0 Å². The molecule has 3 atom stereocenters. The number of rotatable bonds is 5. The van der Waals surface area contributed by atoms with Gasteiger partial charge >= 0.3 is 0 Å². The summed E-state index contributed by atoms with van der Waals surface area (Å²) in [5, 5.41) is 11.8. The summed E-state index contributed by atoms with van der Waals surface area (Å²) in [6.45, 7) is 0. The molecule has 2 N–H and O–H groups in total. The van der Waals surface area contributed by atoms with Crippen molar-refractivity contribution in [2.24, 2.45) is 11.8 Å². The number of carbonyl (C=O) groups excluding carboxylic acids is 1. The monoisotopic (exact) mass is 396 g/mol. The number of carbonyl (C=O) groups is 1. The van der Waals surface area contributed by atoms with Gasteiger partial charge in [0.2, 0.25) is 11.1 Å². The van der Waals surface area contributed by atoms with Gasteiger partial charge in [-0.25, -0.2) is 4.98 Å². The Kier molecular flexibility index (Phi) is 4.93. The van der Waals surface area contributed by atoms with E-state index in [1.54, 1.807) is 18.2 Å². The fraction of sp³-hybridized carbons (Fsp3) is 0.471. The first-order chi connectivity index (χ1) is 12.1. The van der Waals surface area contributed by atoms with E-state index < -0.39 is 0 Å². The van der Waals surface area contributed by atoms with Crippen LogP contribution in [-0.4, -0.2) is 32.9 Å². The molecule has 4 rings (SSSR count). The number of halogens is 2. The van der Waals surface area contributed by atoms with Crippen LogP contribution >= 0.6 is 35.0 Å². The van der Waals surface area contributed by atoms with E-state index in [9.17, 15) is 4.79 Å². The Morgan fingerprint density at radius 1 is 1.32 bits per heavy atom. The number of aromatic nitrogens is 3. The molecule has 8 heteroatoms. The number of hydrogen-bond donors (Lipinski definition) is 2. The van der Waals surface area contributed by atoms with Crippen molar-refractivity contribution >= 4 is 40.9 Å². The van der Waals surface area contributed by atoms with E-state index in [2.05, 4.69) is 20.5 Å². The zero-order valence-electron chi connectivity index (χ0n) is 13.5. The van der Waals surface area contributed by atoms with E-state index in [-0.39, 0.29) is 5.91 Å². The highest BCUT2D eigenvalue weighted by Gasteiger charge is 2.39. The van der Waals surface area contributed by atoms with Crippen molar-refractivity contribution in [3.8, 4) is 11.4 Å². The molecule has 25 heavy (non-hydrogen) atoms. The van der Waals surface area contributed by atoms with Crippen molar-refractivity contribution in [2.75, 3.05) is 5.75 Å². The van der Waals surface area contributed by atoms with Gasteiger partial charge in [0.15, 0.2) is 5.82 Å². The molecule has 1 aromatic carbocycles. The second kappa shape index (κ2) is 7.17. The summed E-state index contributed by atoms with van der Waals surface area (Å²) < 4.78 is 0. The molecule has 0 spiro atoms. The van der Waals surface area contributed by atoms with Crippen molar-refractivity contribution in [1.82, 2.24) is 20.5 Å². The first kappa shape index (κ1) is 17.2. The molecule has 2 saturated carbocycles. The molecule has 132 valence electrons. The smallest absolute Gasteiger partial charge is 0.230 e. The summed E-state index contributed by atoms with van der Waals surface area (Å²) >= 11 is 13.4. The standard InChI is InChI=1S/C17H18Cl2N4OS/c18-11-3-4-12(13(19)7-11)16-21-17(23-22-16)25-8-15(24)20-14-6-9-1-2-10(14)5-9/h3-4,7,9-10,14H,1-2,5-6,8H2,(H,20,24)(H,21,22,23)/t9-,10-,14+/m0/s1. The van der Waals surface area contributed by atoms with E-state index in [0.29, 0.717) is 38.7 Å². The summed E-state index contributed by atoms with van der Waals surface area (Å²) in [6, 6.07) is 5.57. The molecule has 0 unspecified atom stereocenters. The van der Waals surface area contributed by atoms with Crippen LogP contribution in [0.1, 0.15) is 25.7 Å². The molecule has 2 fully saturated rings. The summed E-state index contributed by atoms with van der Waals surface area (Å²) in [5.74, 6) is 2.44. The number of aromatic amines is 1. The fourth-order valence-electron chi connectivity index (χ4n) is 3.91. The Hall–Kier alpha value is -1.24. The Morgan fingerprint density at radius 2 is 2.20 bits per heavy atom. The summed E-state index contributed by atoms with van der Waals surface area (Å²) in [6.07, 6.45) is 5.01. The molecule has 0 radical (unpaired) electrons. The molecule has 2 aliphatic carbocycles. The van der Waals surface area contributed by atoms with E-state index in [1.165, 1.54) is 31.0 Å². The normalized spacial score (nSPS) is 24.6. The third-order valence-corrected chi connectivity index (χ3v) is 6.46. The molecule has 2 bridgehead atoms. The molecule has 0 aliphatic heterocycles. The van der Waals surface area contributed by atoms with Gasteiger partial charge in [0.25, 0.3) is 0 Å². The molecule has 5 nitrogen and oxygen atoms in total. The van der Waals surface area contributed by atoms with Gasteiger partial charge in [0.1, 0.15) is 0 Å². The topological polar surface area (TPSA) is 70.7 Å². The van der Waals surface area contributed by atoms with Crippen LogP contribution in [-0.2, 0) is 4.79 Å². The fourth-order valence-corrected chi connectivity index (χ4v) is 5.02. The minimum atomic E-state index is 0.0541. The lowest BCUT2D eigenvalue weighted by molar-refractivity contribution is -0.119. The van der Waals surface area contributed by atoms with Crippen molar-refractivity contribution in [2.45, 2.75) is 36.9 Å². The third kappa shape index (κ3) is 3.81. The minimum Gasteiger partial charge on any atom is -0.352 e. The van der Waals surface area contributed by atoms with E-state index in [0.717, 1.165) is 17.9 Å². The first-order valence-corrected chi connectivity index (χ1v) is 10.1.